The summed E-state index contributed by atoms with van der Waals surface area (Å²) < 4.78 is 7.01. The second-order valence-electron chi connectivity index (χ2n) is 3.86. The molecule has 1 aromatic rings. The lowest BCUT2D eigenvalue weighted by Crippen LogP contribution is -2.27. The van der Waals surface area contributed by atoms with Gasteiger partial charge in [0.2, 0.25) is 0 Å². The highest BCUT2D eigenvalue weighted by molar-refractivity contribution is 5.00. The van der Waals surface area contributed by atoms with Gasteiger partial charge in [-0.1, -0.05) is 0 Å². The molecule has 0 atom stereocenters. The van der Waals surface area contributed by atoms with Crippen LogP contribution >= 0.6 is 0 Å². The van der Waals surface area contributed by atoms with Gasteiger partial charge in [-0.25, -0.2) is 4.68 Å². The largest absolute Gasteiger partial charge is 0.381 e. The Kier molecular flexibility index (Phi) is 3.23. The molecule has 1 aliphatic rings. The quantitative estimate of drug-likeness (QED) is 0.753. The van der Waals surface area contributed by atoms with Crippen molar-refractivity contribution in [3.05, 3.63) is 22.1 Å². The summed E-state index contributed by atoms with van der Waals surface area (Å²) in [6, 6.07) is 1.93. The van der Waals surface area contributed by atoms with Crippen molar-refractivity contribution >= 4 is 0 Å². The molecule has 5 heteroatoms. The summed E-state index contributed by atoms with van der Waals surface area (Å²) in [6.07, 6.45) is 1.83. The maximum absolute atomic E-state index is 11.7. The molecule has 0 bridgehead atoms. The molecule has 0 spiro atoms. The van der Waals surface area contributed by atoms with Crippen LogP contribution in [0.5, 0.6) is 0 Å². The van der Waals surface area contributed by atoms with E-state index >= 15 is 0 Å². The zero-order chi connectivity index (χ0) is 10.7. The minimum absolute atomic E-state index is 0.0622. The summed E-state index contributed by atoms with van der Waals surface area (Å²) in [7, 11) is 1.87. The van der Waals surface area contributed by atoms with Crippen LogP contribution in [-0.2, 0) is 11.3 Å². The van der Waals surface area contributed by atoms with Crippen LogP contribution in [0.4, 0.5) is 0 Å². The van der Waals surface area contributed by atoms with E-state index in [1.54, 1.807) is 10.7 Å². The first-order valence-corrected chi connectivity index (χ1v) is 5.34. The Labute approximate surface area is 88.4 Å². The highest BCUT2D eigenvalue weighted by atomic mass is 16.5. The van der Waals surface area contributed by atoms with Crippen molar-refractivity contribution < 1.29 is 4.74 Å². The average molecular weight is 211 g/mol. The lowest BCUT2D eigenvalue weighted by molar-refractivity contribution is 0.0652. The van der Waals surface area contributed by atoms with Crippen molar-refractivity contribution in [3.8, 4) is 0 Å². The highest BCUT2D eigenvalue weighted by Gasteiger charge is 2.17. The van der Waals surface area contributed by atoms with Crippen LogP contribution in [0.3, 0.4) is 0 Å². The number of nitrogens with one attached hydrogen (secondary N) is 2. The van der Waals surface area contributed by atoms with Gasteiger partial charge in [-0.3, -0.25) is 9.89 Å². The zero-order valence-corrected chi connectivity index (χ0v) is 8.95. The van der Waals surface area contributed by atoms with E-state index in [1.165, 1.54) is 0 Å². The number of ether oxygens (including phenoxy) is 1. The van der Waals surface area contributed by atoms with E-state index in [2.05, 4.69) is 10.4 Å². The molecule has 0 unspecified atom stereocenters. The predicted octanol–water partition coefficient (Wildman–Crippen LogP) is 0.247. The van der Waals surface area contributed by atoms with Crippen LogP contribution in [0.1, 0.15) is 24.6 Å². The molecule has 5 nitrogen and oxygen atoms in total. The maximum Gasteiger partial charge on any atom is 0.267 e. The monoisotopic (exact) mass is 211 g/mol. The molecule has 0 radical (unpaired) electrons. The fourth-order valence-corrected chi connectivity index (χ4v) is 1.96. The van der Waals surface area contributed by atoms with Gasteiger partial charge in [0, 0.05) is 25.8 Å². The van der Waals surface area contributed by atoms with Crippen molar-refractivity contribution in [2.45, 2.75) is 25.4 Å². The van der Waals surface area contributed by atoms with Crippen LogP contribution in [0.25, 0.3) is 0 Å². The standard InChI is InChI=1S/C10H17N3O2/c1-11-7-8-6-10(14)13(12-8)9-2-4-15-5-3-9/h6,9,11-12H,2-5,7H2,1H3. The Morgan fingerprint density at radius 1 is 1.60 bits per heavy atom. The zero-order valence-electron chi connectivity index (χ0n) is 8.95. The van der Waals surface area contributed by atoms with E-state index in [4.69, 9.17) is 4.74 Å². The van der Waals surface area contributed by atoms with Gasteiger partial charge in [-0.2, -0.15) is 0 Å². The Hall–Kier alpha value is -1.07. The van der Waals surface area contributed by atoms with E-state index < -0.39 is 0 Å². The molecule has 1 aliphatic heterocycles. The molecule has 2 rings (SSSR count). The lowest BCUT2D eigenvalue weighted by Gasteiger charge is -2.22. The van der Waals surface area contributed by atoms with Crippen molar-refractivity contribution in [2.24, 2.45) is 0 Å². The summed E-state index contributed by atoms with van der Waals surface area (Å²) in [6.45, 7) is 2.19. The topological polar surface area (TPSA) is 59.1 Å². The minimum Gasteiger partial charge on any atom is -0.381 e. The Bertz CT molecular complexity index is 363. The number of rotatable bonds is 3. The van der Waals surface area contributed by atoms with Crippen molar-refractivity contribution in [3.63, 3.8) is 0 Å². The van der Waals surface area contributed by atoms with Gasteiger partial charge in [0.15, 0.2) is 0 Å². The Morgan fingerprint density at radius 2 is 2.33 bits per heavy atom. The third-order valence-electron chi connectivity index (χ3n) is 2.72. The van der Waals surface area contributed by atoms with Gasteiger partial charge in [0.1, 0.15) is 0 Å². The average Bonchev–Trinajstić information content (AvgIpc) is 2.61. The predicted molar refractivity (Wildman–Crippen MR) is 56.9 cm³/mol. The maximum atomic E-state index is 11.7. The molecule has 0 saturated carbocycles. The van der Waals surface area contributed by atoms with Gasteiger partial charge in [-0.15, -0.1) is 0 Å². The first kappa shape index (κ1) is 10.4. The SMILES string of the molecule is CNCc1cc(=O)n(C2CCOCC2)[nH]1. The normalized spacial score (nSPS) is 18.2. The number of nitrogens with zero attached hydrogens (tertiary/aromatic N) is 1. The summed E-state index contributed by atoms with van der Waals surface area (Å²) >= 11 is 0. The number of hydrogen-bond acceptors (Lipinski definition) is 3. The number of H-pyrrole nitrogens is 1. The van der Waals surface area contributed by atoms with Gasteiger partial charge in [-0.05, 0) is 19.9 Å². The number of hydrogen-bond donors (Lipinski definition) is 2. The molecule has 0 aliphatic carbocycles. The first-order chi connectivity index (χ1) is 7.31. The summed E-state index contributed by atoms with van der Waals surface area (Å²) in [4.78, 5) is 11.7. The molecule has 2 N–H and O–H groups in total. The molecule has 1 saturated heterocycles. The van der Waals surface area contributed by atoms with E-state index in [0.29, 0.717) is 6.54 Å². The van der Waals surface area contributed by atoms with Gasteiger partial charge < -0.3 is 10.1 Å². The van der Waals surface area contributed by atoms with Crippen molar-refractivity contribution in [1.29, 1.82) is 0 Å². The van der Waals surface area contributed by atoms with Crippen LogP contribution in [0, 0.1) is 0 Å². The van der Waals surface area contributed by atoms with Gasteiger partial charge in [0.25, 0.3) is 5.56 Å². The number of aromatic nitrogens is 2. The third-order valence-corrected chi connectivity index (χ3v) is 2.72. The third kappa shape index (κ3) is 2.30. The highest BCUT2D eigenvalue weighted by Crippen LogP contribution is 2.17. The van der Waals surface area contributed by atoms with Crippen molar-refractivity contribution in [1.82, 2.24) is 15.1 Å². The molecule has 0 amide bonds. The molecule has 2 heterocycles. The van der Waals surface area contributed by atoms with Gasteiger partial charge >= 0.3 is 0 Å². The van der Waals surface area contributed by atoms with E-state index in [0.717, 1.165) is 31.7 Å². The van der Waals surface area contributed by atoms with Crippen LogP contribution in [0.15, 0.2) is 10.9 Å². The Morgan fingerprint density at radius 3 is 3.00 bits per heavy atom. The van der Waals surface area contributed by atoms with E-state index in [1.807, 2.05) is 7.05 Å². The lowest BCUT2D eigenvalue weighted by atomic mass is 10.1. The summed E-state index contributed by atoms with van der Waals surface area (Å²) in [5.41, 5.74) is 1.00. The fourth-order valence-electron chi connectivity index (χ4n) is 1.96. The second-order valence-corrected chi connectivity index (χ2v) is 3.86. The molecule has 0 aromatic carbocycles. The summed E-state index contributed by atoms with van der Waals surface area (Å²) in [5.74, 6) is 0. The van der Waals surface area contributed by atoms with Crippen molar-refractivity contribution in [2.75, 3.05) is 20.3 Å². The summed E-state index contributed by atoms with van der Waals surface area (Å²) in [5, 5.41) is 6.16. The van der Waals surface area contributed by atoms with E-state index in [-0.39, 0.29) is 11.6 Å². The fraction of sp³-hybridized carbons (Fsp3) is 0.700. The second kappa shape index (κ2) is 4.63. The Balaban J connectivity index is 2.15. The minimum atomic E-state index is 0.0622. The smallest absolute Gasteiger partial charge is 0.267 e. The first-order valence-electron chi connectivity index (χ1n) is 5.34. The number of aromatic amines is 1. The van der Waals surface area contributed by atoms with Crippen LogP contribution in [0.2, 0.25) is 0 Å². The molecule has 1 aromatic heterocycles. The van der Waals surface area contributed by atoms with Crippen LogP contribution < -0.4 is 10.9 Å². The van der Waals surface area contributed by atoms with Gasteiger partial charge in [0.05, 0.1) is 11.7 Å². The molecule has 15 heavy (non-hydrogen) atoms. The van der Waals surface area contributed by atoms with E-state index in [9.17, 15) is 4.79 Å². The van der Waals surface area contributed by atoms with Crippen LogP contribution in [-0.4, -0.2) is 30.0 Å². The molecular weight excluding hydrogens is 194 g/mol. The molecule has 84 valence electrons. The molecule has 1 fully saturated rings. The molecular formula is C10H17N3O2.